The minimum absolute atomic E-state index is 0.317. The first-order valence-electron chi connectivity index (χ1n) is 8.03. The Morgan fingerprint density at radius 2 is 1.96 bits per heavy atom. The molecule has 0 bridgehead atoms. The number of nitrogens with zero attached hydrogens (tertiary/aromatic N) is 2. The van der Waals surface area contributed by atoms with E-state index in [4.69, 9.17) is 4.74 Å². The smallest absolute Gasteiger partial charge is 0.240 e. The van der Waals surface area contributed by atoms with E-state index in [-0.39, 0.29) is 0 Å². The number of nitrogens with one attached hydrogen (secondary N) is 1. The molecule has 1 atom stereocenters. The maximum Gasteiger partial charge on any atom is 0.240 e. The largest absolute Gasteiger partial charge is 0.383 e. The third-order valence-corrected chi connectivity index (χ3v) is 5.68. The molecule has 0 spiro atoms. The van der Waals surface area contributed by atoms with Gasteiger partial charge in [0.25, 0.3) is 0 Å². The first kappa shape index (κ1) is 18.4. The molecule has 0 unspecified atom stereocenters. The molecule has 0 aliphatic carbocycles. The van der Waals surface area contributed by atoms with E-state index in [1.807, 2.05) is 6.07 Å². The predicted octanol–water partition coefficient (Wildman–Crippen LogP) is 0.617. The molecule has 1 aromatic rings. The van der Waals surface area contributed by atoms with E-state index in [0.717, 1.165) is 39.3 Å². The van der Waals surface area contributed by atoms with Crippen molar-refractivity contribution in [3.8, 4) is 0 Å². The summed E-state index contributed by atoms with van der Waals surface area (Å²) in [4.78, 5) is 5.04. The highest BCUT2D eigenvalue weighted by Crippen LogP contribution is 2.09. The molecule has 1 heterocycles. The topological polar surface area (TPSA) is 61.9 Å². The highest BCUT2D eigenvalue weighted by atomic mass is 32.2. The second kappa shape index (κ2) is 8.75. The zero-order valence-corrected chi connectivity index (χ0v) is 14.8. The lowest BCUT2D eigenvalue weighted by atomic mass is 10.2. The number of rotatable bonds is 8. The van der Waals surface area contributed by atoms with Crippen LogP contribution in [0.4, 0.5) is 0 Å². The standard InChI is InChI=1S/C16H27N3O3S/c1-15-14-18(10-11-19(15)12-13-22-2)9-8-17-23(20,21)16-6-4-3-5-7-16/h3-7,15,17H,8-14H2,1-2H3/t15-/m0/s1. The molecule has 1 N–H and O–H groups in total. The summed E-state index contributed by atoms with van der Waals surface area (Å²) in [5, 5.41) is 0. The van der Waals surface area contributed by atoms with Gasteiger partial charge in [0.05, 0.1) is 11.5 Å². The lowest BCUT2D eigenvalue weighted by Crippen LogP contribution is -2.53. The maximum absolute atomic E-state index is 12.2. The number of benzene rings is 1. The van der Waals surface area contributed by atoms with Gasteiger partial charge in [-0.3, -0.25) is 9.80 Å². The van der Waals surface area contributed by atoms with Crippen LogP contribution >= 0.6 is 0 Å². The van der Waals surface area contributed by atoms with Gasteiger partial charge >= 0.3 is 0 Å². The van der Waals surface area contributed by atoms with Crippen LogP contribution in [0, 0.1) is 0 Å². The monoisotopic (exact) mass is 341 g/mol. The van der Waals surface area contributed by atoms with E-state index >= 15 is 0 Å². The summed E-state index contributed by atoms with van der Waals surface area (Å²) in [6.45, 7) is 7.98. The van der Waals surface area contributed by atoms with Gasteiger partial charge in [-0.2, -0.15) is 0 Å². The molecule has 2 rings (SSSR count). The Labute approximate surface area is 139 Å². The van der Waals surface area contributed by atoms with Crippen molar-refractivity contribution in [1.82, 2.24) is 14.5 Å². The second-order valence-electron chi connectivity index (χ2n) is 5.89. The van der Waals surface area contributed by atoms with Crippen LogP contribution in [0.25, 0.3) is 0 Å². The van der Waals surface area contributed by atoms with Crippen molar-refractivity contribution in [3.63, 3.8) is 0 Å². The summed E-state index contributed by atoms with van der Waals surface area (Å²) < 4.78 is 32.1. The molecule has 1 saturated heterocycles. The SMILES string of the molecule is COCCN1CCN(CCNS(=O)(=O)c2ccccc2)C[C@@H]1C. The van der Waals surface area contributed by atoms with Crippen LogP contribution in [0.5, 0.6) is 0 Å². The van der Waals surface area contributed by atoms with Gasteiger partial charge in [0.2, 0.25) is 10.0 Å². The number of methoxy groups -OCH3 is 1. The third kappa shape index (κ3) is 5.54. The van der Waals surface area contributed by atoms with Crippen molar-refractivity contribution >= 4 is 10.0 Å². The molecule has 6 nitrogen and oxygen atoms in total. The van der Waals surface area contributed by atoms with Crippen molar-refractivity contribution < 1.29 is 13.2 Å². The Morgan fingerprint density at radius 1 is 1.22 bits per heavy atom. The normalized spacial score (nSPS) is 20.7. The van der Waals surface area contributed by atoms with E-state index < -0.39 is 10.0 Å². The van der Waals surface area contributed by atoms with Gasteiger partial charge < -0.3 is 4.74 Å². The van der Waals surface area contributed by atoms with Crippen molar-refractivity contribution in [1.29, 1.82) is 0 Å². The molecule has 1 aliphatic rings. The lowest BCUT2D eigenvalue weighted by Gasteiger charge is -2.39. The van der Waals surface area contributed by atoms with E-state index in [1.165, 1.54) is 0 Å². The zero-order valence-electron chi connectivity index (χ0n) is 13.9. The number of piperazine rings is 1. The molecular formula is C16H27N3O3S. The molecular weight excluding hydrogens is 314 g/mol. The van der Waals surface area contributed by atoms with Gasteiger partial charge in [0.1, 0.15) is 0 Å². The molecule has 130 valence electrons. The van der Waals surface area contributed by atoms with Crippen molar-refractivity contribution in [3.05, 3.63) is 30.3 Å². The fraction of sp³-hybridized carbons (Fsp3) is 0.625. The summed E-state index contributed by atoms with van der Waals surface area (Å²) in [6.07, 6.45) is 0. The minimum Gasteiger partial charge on any atom is -0.383 e. The Morgan fingerprint density at radius 3 is 2.61 bits per heavy atom. The third-order valence-electron chi connectivity index (χ3n) is 4.21. The van der Waals surface area contributed by atoms with E-state index in [0.29, 0.717) is 17.5 Å². The van der Waals surface area contributed by atoms with Crippen molar-refractivity contribution in [2.45, 2.75) is 17.9 Å². The number of sulfonamides is 1. The van der Waals surface area contributed by atoms with Gasteiger partial charge in [-0.1, -0.05) is 18.2 Å². The Kier molecular flexibility index (Phi) is 6.98. The average molecular weight is 341 g/mol. The van der Waals surface area contributed by atoms with Crippen LogP contribution in [0.2, 0.25) is 0 Å². The molecule has 1 aromatic carbocycles. The number of hydrogen-bond donors (Lipinski definition) is 1. The molecule has 1 fully saturated rings. The van der Waals surface area contributed by atoms with E-state index in [9.17, 15) is 8.42 Å². The fourth-order valence-electron chi connectivity index (χ4n) is 2.84. The van der Waals surface area contributed by atoms with Crippen LogP contribution in [-0.2, 0) is 14.8 Å². The predicted molar refractivity (Wildman–Crippen MR) is 91.0 cm³/mol. The minimum atomic E-state index is -3.40. The second-order valence-corrected chi connectivity index (χ2v) is 7.66. The summed E-state index contributed by atoms with van der Waals surface area (Å²) in [7, 11) is -1.68. The molecule has 23 heavy (non-hydrogen) atoms. The Bertz CT molecular complexity index is 565. The van der Waals surface area contributed by atoms with Gasteiger partial charge in [-0.05, 0) is 19.1 Å². The Balaban J connectivity index is 1.75. The summed E-state index contributed by atoms with van der Waals surface area (Å²) in [6, 6.07) is 8.96. The summed E-state index contributed by atoms with van der Waals surface area (Å²) in [5.41, 5.74) is 0. The molecule has 0 aromatic heterocycles. The zero-order chi connectivity index (χ0) is 16.7. The molecule has 0 saturated carbocycles. The summed E-state index contributed by atoms with van der Waals surface area (Å²) >= 11 is 0. The van der Waals surface area contributed by atoms with Crippen LogP contribution in [0.3, 0.4) is 0 Å². The molecule has 0 amide bonds. The molecule has 7 heteroatoms. The van der Waals surface area contributed by atoms with Crippen LogP contribution < -0.4 is 4.72 Å². The van der Waals surface area contributed by atoms with Crippen molar-refractivity contribution in [2.24, 2.45) is 0 Å². The average Bonchev–Trinajstić information content (AvgIpc) is 2.55. The summed E-state index contributed by atoms with van der Waals surface area (Å²) in [5.74, 6) is 0. The first-order chi connectivity index (χ1) is 11.0. The van der Waals surface area contributed by atoms with Gasteiger partial charge in [-0.15, -0.1) is 0 Å². The van der Waals surface area contributed by atoms with E-state index in [1.54, 1.807) is 31.4 Å². The first-order valence-corrected chi connectivity index (χ1v) is 9.51. The van der Waals surface area contributed by atoms with Gasteiger partial charge in [-0.25, -0.2) is 13.1 Å². The van der Waals surface area contributed by atoms with Gasteiger partial charge in [0.15, 0.2) is 0 Å². The van der Waals surface area contributed by atoms with Crippen LogP contribution in [0.1, 0.15) is 6.92 Å². The number of ether oxygens (including phenoxy) is 1. The van der Waals surface area contributed by atoms with Crippen molar-refractivity contribution in [2.75, 3.05) is 53.0 Å². The quantitative estimate of drug-likeness (QED) is 0.751. The molecule has 1 aliphatic heterocycles. The highest BCUT2D eigenvalue weighted by Gasteiger charge is 2.23. The number of hydrogen-bond acceptors (Lipinski definition) is 5. The van der Waals surface area contributed by atoms with Gasteiger partial charge in [0, 0.05) is 52.4 Å². The lowest BCUT2D eigenvalue weighted by molar-refractivity contribution is 0.0601. The highest BCUT2D eigenvalue weighted by molar-refractivity contribution is 7.89. The fourth-order valence-corrected chi connectivity index (χ4v) is 3.88. The van der Waals surface area contributed by atoms with Crippen LogP contribution in [0.15, 0.2) is 35.2 Å². The Hall–Kier alpha value is -0.990. The molecule has 0 radical (unpaired) electrons. The van der Waals surface area contributed by atoms with E-state index in [2.05, 4.69) is 21.4 Å². The van der Waals surface area contributed by atoms with Crippen LogP contribution in [-0.4, -0.2) is 77.2 Å². The maximum atomic E-state index is 12.2.